The maximum atomic E-state index is 11.2. The van der Waals surface area contributed by atoms with Gasteiger partial charge in [0.1, 0.15) is 0 Å². The number of fused-ring (bicyclic) bond motifs is 5. The lowest BCUT2D eigenvalue weighted by atomic mass is 9.76. The molecule has 0 aromatic carbocycles. The summed E-state index contributed by atoms with van der Waals surface area (Å²) in [5.41, 5.74) is 0. The molecular weight excluding hydrogens is 524 g/mol. The third-order valence-corrected chi connectivity index (χ3v) is 8.55. The van der Waals surface area contributed by atoms with E-state index in [0.717, 1.165) is 69.1 Å². The largest absolute Gasteiger partial charge is 0.463 e. The van der Waals surface area contributed by atoms with Gasteiger partial charge in [0.05, 0.1) is 26.4 Å². The van der Waals surface area contributed by atoms with Crippen LogP contribution in [0.2, 0.25) is 0 Å². The number of ether oxygens (including phenoxy) is 4. The van der Waals surface area contributed by atoms with E-state index in [1.54, 1.807) is 0 Å². The highest BCUT2D eigenvalue weighted by Gasteiger charge is 2.56. The van der Waals surface area contributed by atoms with Crippen LogP contribution in [0.25, 0.3) is 0 Å². The molecule has 8 heteroatoms. The SMILES string of the molecule is C=CC(=O)OCC1CC2C3CC(COC(=O)C=C)C(C3)C2C1.C=CC(=O)OCCCCCCCCCOC(=O)C=C. The molecule has 6 atom stereocenters. The lowest BCUT2D eigenvalue weighted by Gasteiger charge is -2.31. The maximum Gasteiger partial charge on any atom is 0.330 e. The predicted octanol–water partition coefficient (Wildman–Crippen LogP) is 5.92. The van der Waals surface area contributed by atoms with Gasteiger partial charge >= 0.3 is 23.9 Å². The van der Waals surface area contributed by atoms with E-state index in [0.29, 0.717) is 44.2 Å². The van der Waals surface area contributed by atoms with Gasteiger partial charge in [0.25, 0.3) is 0 Å². The second kappa shape index (κ2) is 19.1. The molecule has 41 heavy (non-hydrogen) atoms. The van der Waals surface area contributed by atoms with Crippen LogP contribution in [0.3, 0.4) is 0 Å². The number of hydrogen-bond donors (Lipinski definition) is 0. The maximum absolute atomic E-state index is 11.2. The van der Waals surface area contributed by atoms with Gasteiger partial charge in [-0.2, -0.15) is 0 Å². The molecule has 6 unspecified atom stereocenters. The summed E-state index contributed by atoms with van der Waals surface area (Å²) in [6.07, 6.45) is 17.0. The second-order valence-corrected chi connectivity index (χ2v) is 11.2. The van der Waals surface area contributed by atoms with Gasteiger partial charge in [-0.3, -0.25) is 0 Å². The quantitative estimate of drug-likeness (QED) is 0.0863. The standard InChI is InChI=1S/C18H24O4.C15H24O4/c1-3-17(19)21-9-11-5-14-12-7-13(10-22-18(20)4-2)15(8-12)16(14)6-11;1-3-14(16)18-12-10-8-6-5-7-9-11-13-19-15(17)4-2/h3-4,11-16H,1-2,5-10H2;3-4H,1-2,5-13H2. The van der Waals surface area contributed by atoms with E-state index in [1.165, 1.54) is 43.6 Å². The van der Waals surface area contributed by atoms with E-state index in [4.69, 9.17) is 18.9 Å². The van der Waals surface area contributed by atoms with E-state index in [1.807, 2.05) is 0 Å². The number of carbonyl (C=O) groups excluding carboxylic acids is 4. The third kappa shape index (κ3) is 12.1. The Morgan fingerprint density at radius 2 is 0.951 bits per heavy atom. The van der Waals surface area contributed by atoms with Crippen molar-refractivity contribution in [3.05, 3.63) is 50.6 Å². The van der Waals surface area contributed by atoms with Gasteiger partial charge in [0, 0.05) is 24.3 Å². The Balaban J connectivity index is 0.000000291. The van der Waals surface area contributed by atoms with Crippen LogP contribution in [0.5, 0.6) is 0 Å². The fraction of sp³-hybridized carbons (Fsp3) is 0.636. The predicted molar refractivity (Wildman–Crippen MR) is 156 cm³/mol. The summed E-state index contributed by atoms with van der Waals surface area (Å²) in [7, 11) is 0. The summed E-state index contributed by atoms with van der Waals surface area (Å²) in [6.45, 7) is 15.5. The van der Waals surface area contributed by atoms with Crippen LogP contribution in [0.15, 0.2) is 50.6 Å². The van der Waals surface area contributed by atoms with Crippen LogP contribution in [-0.4, -0.2) is 50.3 Å². The smallest absolute Gasteiger partial charge is 0.330 e. The first-order valence-electron chi connectivity index (χ1n) is 15.0. The van der Waals surface area contributed by atoms with Crippen molar-refractivity contribution in [3.63, 3.8) is 0 Å². The monoisotopic (exact) mass is 572 g/mol. The molecular formula is C33H48O8. The Hall–Kier alpha value is -3.16. The molecule has 3 saturated carbocycles. The number of esters is 4. The number of rotatable bonds is 18. The van der Waals surface area contributed by atoms with E-state index in [9.17, 15) is 19.2 Å². The molecule has 0 amide bonds. The average molecular weight is 573 g/mol. The molecule has 0 spiro atoms. The molecule has 0 aromatic rings. The van der Waals surface area contributed by atoms with E-state index >= 15 is 0 Å². The molecule has 3 aliphatic rings. The zero-order chi connectivity index (χ0) is 30.0. The van der Waals surface area contributed by atoms with Crippen LogP contribution in [0.1, 0.15) is 70.6 Å². The van der Waals surface area contributed by atoms with Crippen LogP contribution >= 0.6 is 0 Å². The van der Waals surface area contributed by atoms with E-state index in [2.05, 4.69) is 26.3 Å². The van der Waals surface area contributed by atoms with Gasteiger partial charge in [-0.25, -0.2) is 19.2 Å². The minimum absolute atomic E-state index is 0.319. The highest BCUT2D eigenvalue weighted by molar-refractivity contribution is 5.82. The Labute approximate surface area is 245 Å². The van der Waals surface area contributed by atoms with E-state index in [-0.39, 0.29) is 23.9 Å². The van der Waals surface area contributed by atoms with Crippen molar-refractivity contribution in [2.24, 2.45) is 35.5 Å². The summed E-state index contributed by atoms with van der Waals surface area (Å²) < 4.78 is 20.2. The lowest BCUT2D eigenvalue weighted by molar-refractivity contribution is -0.140. The van der Waals surface area contributed by atoms with Crippen molar-refractivity contribution < 1.29 is 38.1 Å². The molecule has 0 saturated heterocycles. The minimum atomic E-state index is -0.353. The fourth-order valence-corrected chi connectivity index (χ4v) is 6.71. The second-order valence-electron chi connectivity index (χ2n) is 11.2. The number of carbonyl (C=O) groups is 4. The van der Waals surface area contributed by atoms with Crippen LogP contribution in [0, 0.1) is 35.5 Å². The Kier molecular flexibility index (Phi) is 15.8. The highest BCUT2D eigenvalue weighted by atomic mass is 16.5. The Bertz CT molecular complexity index is 881. The minimum Gasteiger partial charge on any atom is -0.463 e. The zero-order valence-corrected chi connectivity index (χ0v) is 24.5. The first-order valence-corrected chi connectivity index (χ1v) is 15.0. The van der Waals surface area contributed by atoms with E-state index < -0.39 is 0 Å². The summed E-state index contributed by atoms with van der Waals surface area (Å²) in [5.74, 6) is 2.58. The number of unbranched alkanes of at least 4 members (excludes halogenated alkanes) is 6. The van der Waals surface area contributed by atoms with Crippen LogP contribution in [0.4, 0.5) is 0 Å². The van der Waals surface area contributed by atoms with Gasteiger partial charge < -0.3 is 18.9 Å². The Morgan fingerprint density at radius 1 is 0.512 bits per heavy atom. The first-order chi connectivity index (χ1) is 19.8. The molecule has 2 bridgehead atoms. The Morgan fingerprint density at radius 3 is 1.46 bits per heavy atom. The zero-order valence-electron chi connectivity index (χ0n) is 24.5. The van der Waals surface area contributed by atoms with Gasteiger partial charge in [-0.05, 0) is 74.0 Å². The van der Waals surface area contributed by atoms with Gasteiger partial charge in [0.2, 0.25) is 0 Å². The molecule has 0 N–H and O–H groups in total. The molecule has 0 radical (unpaired) electrons. The topological polar surface area (TPSA) is 105 Å². The normalized spacial score (nSPS) is 25.1. The highest BCUT2D eigenvalue weighted by Crippen LogP contribution is 2.62. The number of hydrogen-bond acceptors (Lipinski definition) is 8. The van der Waals surface area contributed by atoms with Crippen LogP contribution < -0.4 is 0 Å². The molecule has 8 nitrogen and oxygen atoms in total. The van der Waals surface area contributed by atoms with Gasteiger partial charge in [0.15, 0.2) is 0 Å². The first kappa shape index (κ1) is 34.0. The molecule has 0 aromatic heterocycles. The molecule has 3 rings (SSSR count). The van der Waals surface area contributed by atoms with Crippen LogP contribution in [-0.2, 0) is 38.1 Å². The summed E-state index contributed by atoms with van der Waals surface area (Å²) in [5, 5.41) is 0. The molecule has 3 aliphatic carbocycles. The molecule has 3 fully saturated rings. The molecule has 228 valence electrons. The fourth-order valence-electron chi connectivity index (χ4n) is 6.71. The van der Waals surface area contributed by atoms with Crippen molar-refractivity contribution in [2.75, 3.05) is 26.4 Å². The summed E-state index contributed by atoms with van der Waals surface area (Å²) in [6, 6.07) is 0. The van der Waals surface area contributed by atoms with Crippen molar-refractivity contribution in [2.45, 2.75) is 70.6 Å². The van der Waals surface area contributed by atoms with Gasteiger partial charge in [-0.1, -0.05) is 58.4 Å². The summed E-state index contributed by atoms with van der Waals surface area (Å²) >= 11 is 0. The van der Waals surface area contributed by atoms with Crippen molar-refractivity contribution in [1.29, 1.82) is 0 Å². The molecule has 0 aliphatic heterocycles. The van der Waals surface area contributed by atoms with Crippen molar-refractivity contribution in [3.8, 4) is 0 Å². The van der Waals surface area contributed by atoms with Crippen molar-refractivity contribution >= 4 is 23.9 Å². The lowest BCUT2D eigenvalue weighted by Crippen LogP contribution is -2.28. The third-order valence-electron chi connectivity index (χ3n) is 8.55. The van der Waals surface area contributed by atoms with Gasteiger partial charge in [-0.15, -0.1) is 0 Å². The van der Waals surface area contributed by atoms with Crippen molar-refractivity contribution in [1.82, 2.24) is 0 Å². The molecule has 0 heterocycles. The summed E-state index contributed by atoms with van der Waals surface area (Å²) in [4.78, 5) is 43.9. The average Bonchev–Trinajstić information content (AvgIpc) is 3.69.